The summed E-state index contributed by atoms with van der Waals surface area (Å²) >= 11 is 0. The number of nitrogens with zero attached hydrogens (tertiary/aromatic N) is 2. The van der Waals surface area contributed by atoms with Gasteiger partial charge in [-0.2, -0.15) is 0 Å². The molecule has 2 aromatic rings. The summed E-state index contributed by atoms with van der Waals surface area (Å²) in [7, 11) is 0. The van der Waals surface area contributed by atoms with Crippen LogP contribution in [0.2, 0.25) is 0 Å². The number of benzene rings is 1. The summed E-state index contributed by atoms with van der Waals surface area (Å²) in [6.07, 6.45) is 2.25. The van der Waals surface area contributed by atoms with Crippen LogP contribution in [0.1, 0.15) is 25.0 Å². The van der Waals surface area contributed by atoms with Crippen LogP contribution in [0, 0.1) is 12.8 Å². The molecule has 1 heterocycles. The van der Waals surface area contributed by atoms with Crippen molar-refractivity contribution >= 4 is 22.8 Å². The average molecular weight is 271 g/mol. The second-order valence-electron chi connectivity index (χ2n) is 5.34. The van der Waals surface area contributed by atoms with Gasteiger partial charge in [0.05, 0.1) is 22.6 Å². The summed E-state index contributed by atoms with van der Waals surface area (Å²) < 4.78 is 0. The highest BCUT2D eigenvalue weighted by atomic mass is 16.4. The number of carboxylic acids is 1. The van der Waals surface area contributed by atoms with E-state index in [1.165, 1.54) is 0 Å². The van der Waals surface area contributed by atoms with E-state index < -0.39 is 5.97 Å². The van der Waals surface area contributed by atoms with Gasteiger partial charge in [-0.15, -0.1) is 0 Å². The second kappa shape index (κ2) is 5.07. The van der Waals surface area contributed by atoms with Gasteiger partial charge >= 0.3 is 5.97 Å². The van der Waals surface area contributed by atoms with Crippen molar-refractivity contribution in [2.45, 2.75) is 32.2 Å². The Bertz CT molecular complexity index is 657. The first-order valence-electron chi connectivity index (χ1n) is 6.86. The Labute approximate surface area is 117 Å². The zero-order valence-corrected chi connectivity index (χ0v) is 11.3. The van der Waals surface area contributed by atoms with Gasteiger partial charge in [-0.05, 0) is 38.3 Å². The van der Waals surface area contributed by atoms with Crippen molar-refractivity contribution in [2.75, 3.05) is 5.32 Å². The molecule has 1 fully saturated rings. The van der Waals surface area contributed by atoms with Gasteiger partial charge in [0, 0.05) is 6.04 Å². The molecule has 104 valence electrons. The normalized spacial score (nSPS) is 22.1. The van der Waals surface area contributed by atoms with E-state index in [4.69, 9.17) is 5.11 Å². The topological polar surface area (TPSA) is 75.1 Å². The number of hydrogen-bond acceptors (Lipinski definition) is 4. The number of rotatable bonds is 3. The van der Waals surface area contributed by atoms with Gasteiger partial charge in [-0.25, -0.2) is 9.97 Å². The van der Waals surface area contributed by atoms with Crippen LogP contribution in [-0.2, 0) is 4.79 Å². The largest absolute Gasteiger partial charge is 0.481 e. The summed E-state index contributed by atoms with van der Waals surface area (Å²) in [5.41, 5.74) is 2.58. The van der Waals surface area contributed by atoms with E-state index in [0.29, 0.717) is 6.42 Å². The first-order valence-corrected chi connectivity index (χ1v) is 6.86. The van der Waals surface area contributed by atoms with Crippen molar-refractivity contribution in [2.24, 2.45) is 5.92 Å². The fourth-order valence-electron chi connectivity index (χ4n) is 2.76. The van der Waals surface area contributed by atoms with Crippen molar-refractivity contribution in [3.63, 3.8) is 0 Å². The number of carbonyl (C=O) groups is 1. The number of aromatic nitrogens is 2. The van der Waals surface area contributed by atoms with Gasteiger partial charge in [-0.1, -0.05) is 12.1 Å². The van der Waals surface area contributed by atoms with Crippen LogP contribution in [-0.4, -0.2) is 27.1 Å². The lowest BCUT2D eigenvalue weighted by Crippen LogP contribution is -2.19. The molecule has 20 heavy (non-hydrogen) atoms. The lowest BCUT2D eigenvalue weighted by Gasteiger charge is -2.15. The quantitative estimate of drug-likeness (QED) is 0.897. The number of nitrogens with one attached hydrogen (secondary N) is 1. The Kier molecular flexibility index (Phi) is 3.26. The van der Waals surface area contributed by atoms with Crippen LogP contribution in [0.4, 0.5) is 5.82 Å². The van der Waals surface area contributed by atoms with E-state index in [1.54, 1.807) is 0 Å². The molecular formula is C15H17N3O2. The summed E-state index contributed by atoms with van der Waals surface area (Å²) in [6.45, 7) is 1.92. The average Bonchev–Trinajstić information content (AvgIpc) is 2.88. The Morgan fingerprint density at radius 1 is 1.25 bits per heavy atom. The van der Waals surface area contributed by atoms with Crippen LogP contribution >= 0.6 is 0 Å². The Hall–Kier alpha value is -2.17. The van der Waals surface area contributed by atoms with E-state index in [0.717, 1.165) is 35.4 Å². The molecule has 0 unspecified atom stereocenters. The molecule has 2 N–H and O–H groups in total. The first-order chi connectivity index (χ1) is 9.63. The van der Waals surface area contributed by atoms with E-state index >= 15 is 0 Å². The molecule has 1 aliphatic rings. The van der Waals surface area contributed by atoms with Gasteiger partial charge in [0.2, 0.25) is 0 Å². The summed E-state index contributed by atoms with van der Waals surface area (Å²) in [5.74, 6) is -0.170. The molecular weight excluding hydrogens is 254 g/mol. The predicted octanol–water partition coefficient (Wildman–Crippen LogP) is 2.60. The summed E-state index contributed by atoms with van der Waals surface area (Å²) in [4.78, 5) is 20.1. The Balaban J connectivity index is 1.81. The second-order valence-corrected chi connectivity index (χ2v) is 5.34. The molecule has 0 bridgehead atoms. The van der Waals surface area contributed by atoms with Crippen molar-refractivity contribution < 1.29 is 9.90 Å². The minimum Gasteiger partial charge on any atom is -0.481 e. The number of fused-ring (bicyclic) bond motifs is 1. The van der Waals surface area contributed by atoms with Crippen LogP contribution in [0.25, 0.3) is 11.0 Å². The lowest BCUT2D eigenvalue weighted by molar-refractivity contribution is -0.141. The number of aliphatic carboxylic acids is 1. The van der Waals surface area contributed by atoms with Crippen molar-refractivity contribution in [3.8, 4) is 0 Å². The van der Waals surface area contributed by atoms with Crippen molar-refractivity contribution in [3.05, 3.63) is 30.0 Å². The van der Waals surface area contributed by atoms with Crippen molar-refractivity contribution in [1.29, 1.82) is 0 Å². The molecule has 0 amide bonds. The maximum atomic E-state index is 11.0. The molecule has 1 aromatic carbocycles. The highest BCUT2D eigenvalue weighted by Crippen LogP contribution is 2.28. The fourth-order valence-corrected chi connectivity index (χ4v) is 2.76. The number of anilines is 1. The smallest absolute Gasteiger partial charge is 0.306 e. The zero-order chi connectivity index (χ0) is 14.1. The van der Waals surface area contributed by atoms with Crippen LogP contribution in [0.15, 0.2) is 24.3 Å². The van der Waals surface area contributed by atoms with E-state index in [9.17, 15) is 4.79 Å². The van der Waals surface area contributed by atoms with E-state index in [-0.39, 0.29) is 12.0 Å². The third-order valence-electron chi connectivity index (χ3n) is 3.87. The predicted molar refractivity (Wildman–Crippen MR) is 76.7 cm³/mol. The van der Waals surface area contributed by atoms with Gasteiger partial charge in [0.15, 0.2) is 0 Å². The standard InChI is InChI=1S/C15H17N3O2/c1-9-14(17-11-7-6-10(8-11)15(19)20)18-13-5-3-2-4-12(13)16-9/h2-5,10-11H,6-8H2,1H3,(H,17,18)(H,19,20)/t10-,11+/m1/s1. The first kappa shape index (κ1) is 12.8. The fraction of sp³-hybridized carbons (Fsp3) is 0.400. The van der Waals surface area contributed by atoms with E-state index in [2.05, 4.69) is 15.3 Å². The molecule has 1 aliphatic carbocycles. The maximum absolute atomic E-state index is 11.0. The Morgan fingerprint density at radius 2 is 1.95 bits per heavy atom. The molecule has 0 aliphatic heterocycles. The number of para-hydroxylation sites is 2. The monoisotopic (exact) mass is 271 g/mol. The van der Waals surface area contributed by atoms with Crippen molar-refractivity contribution in [1.82, 2.24) is 9.97 Å². The van der Waals surface area contributed by atoms with Gasteiger partial charge in [0.25, 0.3) is 0 Å². The van der Waals surface area contributed by atoms with Crippen LogP contribution in [0.5, 0.6) is 0 Å². The highest BCUT2D eigenvalue weighted by molar-refractivity contribution is 5.76. The number of carboxylic acid groups (broad SMARTS) is 1. The SMILES string of the molecule is Cc1nc2ccccc2nc1N[C@H]1CC[C@@H](C(=O)O)C1. The van der Waals surface area contributed by atoms with Gasteiger partial charge in [-0.3, -0.25) is 4.79 Å². The third kappa shape index (κ3) is 2.43. The molecule has 3 rings (SSSR count). The minimum atomic E-state index is -0.699. The lowest BCUT2D eigenvalue weighted by atomic mass is 10.1. The number of aryl methyl sites for hydroxylation is 1. The summed E-state index contributed by atoms with van der Waals surface area (Å²) in [6, 6.07) is 7.92. The van der Waals surface area contributed by atoms with Crippen LogP contribution < -0.4 is 5.32 Å². The van der Waals surface area contributed by atoms with Gasteiger partial charge in [0.1, 0.15) is 5.82 Å². The molecule has 5 heteroatoms. The maximum Gasteiger partial charge on any atom is 0.306 e. The molecule has 5 nitrogen and oxygen atoms in total. The highest BCUT2D eigenvalue weighted by Gasteiger charge is 2.30. The molecule has 0 radical (unpaired) electrons. The third-order valence-corrected chi connectivity index (χ3v) is 3.87. The van der Waals surface area contributed by atoms with Gasteiger partial charge < -0.3 is 10.4 Å². The summed E-state index contributed by atoms with van der Waals surface area (Å²) in [5, 5.41) is 12.4. The van der Waals surface area contributed by atoms with E-state index in [1.807, 2.05) is 31.2 Å². The molecule has 1 saturated carbocycles. The molecule has 2 atom stereocenters. The minimum absolute atomic E-state index is 0.172. The molecule has 0 spiro atoms. The molecule has 1 aromatic heterocycles. The zero-order valence-electron chi connectivity index (χ0n) is 11.3. The molecule has 0 saturated heterocycles. The van der Waals surface area contributed by atoms with Crippen LogP contribution in [0.3, 0.4) is 0 Å². The number of hydrogen-bond donors (Lipinski definition) is 2. The Morgan fingerprint density at radius 3 is 2.60 bits per heavy atom.